The molecule has 0 spiro atoms. The average molecular weight is 164 g/mol. The third-order valence-corrected chi connectivity index (χ3v) is 2.99. The molecular weight excluding hydrogens is 152 g/mol. The van der Waals surface area contributed by atoms with Crippen molar-refractivity contribution in [2.75, 3.05) is 19.6 Å². The van der Waals surface area contributed by atoms with Crippen molar-refractivity contribution in [3.05, 3.63) is 0 Å². The van der Waals surface area contributed by atoms with Crippen molar-refractivity contribution in [1.29, 1.82) is 0 Å². The molecule has 3 aliphatic rings. The maximum atomic E-state index is 4.66. The van der Waals surface area contributed by atoms with Crippen molar-refractivity contribution < 1.29 is 0 Å². The molecule has 3 atom stereocenters. The summed E-state index contributed by atoms with van der Waals surface area (Å²) >= 11 is 0. The van der Waals surface area contributed by atoms with Crippen LogP contribution >= 0.6 is 0 Å². The van der Waals surface area contributed by atoms with Gasteiger partial charge in [0.05, 0.1) is 18.6 Å². The molecular formula is C8H12N4. The first kappa shape index (κ1) is 6.71. The first-order chi connectivity index (χ1) is 5.93. The second-order valence-electron chi connectivity index (χ2n) is 3.77. The summed E-state index contributed by atoms with van der Waals surface area (Å²) in [6.45, 7) is 2.89. The summed E-state index contributed by atoms with van der Waals surface area (Å²) in [5.74, 6) is 0.599. The monoisotopic (exact) mass is 164 g/mol. The molecule has 0 saturated heterocycles. The second-order valence-corrected chi connectivity index (χ2v) is 3.77. The molecule has 3 rings (SSSR count). The number of nitrogens with zero attached hydrogens (tertiary/aromatic N) is 3. The fraction of sp³-hybridized carbons (Fsp3) is 0.875. The average Bonchev–Trinajstić information content (AvgIpc) is 2.53. The van der Waals surface area contributed by atoms with Crippen LogP contribution in [-0.4, -0.2) is 37.4 Å². The molecule has 3 heterocycles. The Labute approximate surface area is 71.2 Å². The van der Waals surface area contributed by atoms with Crippen molar-refractivity contribution in [1.82, 2.24) is 5.32 Å². The molecule has 0 aliphatic carbocycles. The van der Waals surface area contributed by atoms with Gasteiger partial charge in [-0.05, 0) is 0 Å². The van der Waals surface area contributed by atoms with Gasteiger partial charge in [-0.15, -0.1) is 0 Å². The molecule has 4 nitrogen and oxygen atoms in total. The molecule has 4 heteroatoms. The van der Waals surface area contributed by atoms with Crippen LogP contribution in [0.3, 0.4) is 0 Å². The maximum absolute atomic E-state index is 4.66. The van der Waals surface area contributed by atoms with E-state index in [2.05, 4.69) is 20.5 Å². The van der Waals surface area contributed by atoms with Gasteiger partial charge in [-0.2, -0.15) is 10.2 Å². The van der Waals surface area contributed by atoms with Gasteiger partial charge in [-0.3, -0.25) is 4.99 Å². The Hall–Kier alpha value is -0.770. The maximum Gasteiger partial charge on any atom is 0.0828 e. The topological polar surface area (TPSA) is 49.1 Å². The van der Waals surface area contributed by atoms with E-state index in [1.807, 2.05) is 0 Å². The van der Waals surface area contributed by atoms with Gasteiger partial charge in [0.15, 0.2) is 0 Å². The van der Waals surface area contributed by atoms with Crippen LogP contribution in [0.2, 0.25) is 0 Å². The molecule has 0 radical (unpaired) electrons. The number of fused-ring (bicyclic) bond motifs is 3. The predicted octanol–water partition coefficient (Wildman–Crippen LogP) is 0.253. The lowest BCUT2D eigenvalue weighted by atomic mass is 9.85. The van der Waals surface area contributed by atoms with Crippen LogP contribution in [0.15, 0.2) is 15.2 Å². The van der Waals surface area contributed by atoms with Crippen LogP contribution < -0.4 is 5.32 Å². The van der Waals surface area contributed by atoms with E-state index in [1.54, 1.807) is 0 Å². The van der Waals surface area contributed by atoms with Gasteiger partial charge in [-0.25, -0.2) is 0 Å². The van der Waals surface area contributed by atoms with Crippen molar-refractivity contribution in [3.8, 4) is 0 Å². The highest BCUT2D eigenvalue weighted by Gasteiger charge is 2.38. The normalized spacial score (nSPS) is 44.0. The predicted molar refractivity (Wildman–Crippen MR) is 45.7 cm³/mol. The third kappa shape index (κ3) is 0.843. The van der Waals surface area contributed by atoms with Gasteiger partial charge in [0.2, 0.25) is 0 Å². The highest BCUT2D eigenvalue weighted by molar-refractivity contribution is 5.88. The van der Waals surface area contributed by atoms with E-state index in [-0.39, 0.29) is 0 Å². The first-order valence-corrected chi connectivity index (χ1v) is 4.56. The molecule has 0 fully saturated rings. The molecule has 0 aromatic carbocycles. The number of rotatable bonds is 0. The Morgan fingerprint density at radius 3 is 3.33 bits per heavy atom. The molecule has 0 aromatic rings. The van der Waals surface area contributed by atoms with Gasteiger partial charge in [0.1, 0.15) is 0 Å². The summed E-state index contributed by atoms with van der Waals surface area (Å²) < 4.78 is 0. The summed E-state index contributed by atoms with van der Waals surface area (Å²) in [5, 5.41) is 11.8. The van der Waals surface area contributed by atoms with Crippen LogP contribution in [0.4, 0.5) is 0 Å². The van der Waals surface area contributed by atoms with Crippen LogP contribution in [0.1, 0.15) is 6.42 Å². The Morgan fingerprint density at radius 1 is 1.33 bits per heavy atom. The van der Waals surface area contributed by atoms with Crippen molar-refractivity contribution in [2.45, 2.75) is 18.5 Å². The lowest BCUT2D eigenvalue weighted by Crippen LogP contribution is -2.48. The summed E-state index contributed by atoms with van der Waals surface area (Å²) in [4.78, 5) is 4.66. The Bertz CT molecular complexity index is 258. The Balaban J connectivity index is 1.93. The molecule has 1 N–H and O–H groups in total. The smallest absolute Gasteiger partial charge is 0.0828 e. The van der Waals surface area contributed by atoms with Crippen LogP contribution in [-0.2, 0) is 0 Å². The molecule has 12 heavy (non-hydrogen) atoms. The molecule has 2 bridgehead atoms. The Morgan fingerprint density at radius 2 is 2.33 bits per heavy atom. The molecule has 64 valence electrons. The second kappa shape index (κ2) is 2.36. The quantitative estimate of drug-likeness (QED) is 0.548. The van der Waals surface area contributed by atoms with Crippen LogP contribution in [0.5, 0.6) is 0 Å². The van der Waals surface area contributed by atoms with E-state index in [0.717, 1.165) is 26.1 Å². The fourth-order valence-electron chi connectivity index (χ4n) is 2.33. The highest BCUT2D eigenvalue weighted by atomic mass is 15.2. The number of azo groups is 1. The first-order valence-electron chi connectivity index (χ1n) is 4.56. The van der Waals surface area contributed by atoms with E-state index in [9.17, 15) is 0 Å². The third-order valence-electron chi connectivity index (χ3n) is 2.99. The van der Waals surface area contributed by atoms with Gasteiger partial charge < -0.3 is 5.32 Å². The lowest BCUT2D eigenvalue weighted by Gasteiger charge is -2.33. The minimum atomic E-state index is 0.461. The molecule has 3 aliphatic heterocycles. The van der Waals surface area contributed by atoms with E-state index < -0.39 is 0 Å². The largest absolute Gasteiger partial charge is 0.309 e. The van der Waals surface area contributed by atoms with Gasteiger partial charge >= 0.3 is 0 Å². The van der Waals surface area contributed by atoms with Gasteiger partial charge in [-0.1, -0.05) is 0 Å². The number of nitrogens with one attached hydrogen (secondary N) is 1. The molecule has 0 saturated carbocycles. The molecule has 0 amide bonds. The van der Waals surface area contributed by atoms with E-state index in [1.165, 1.54) is 5.71 Å². The zero-order chi connectivity index (χ0) is 7.97. The zero-order valence-electron chi connectivity index (χ0n) is 6.90. The lowest BCUT2D eigenvalue weighted by molar-refractivity contribution is 0.356. The molecule has 0 aromatic heterocycles. The number of hydrogen-bond acceptors (Lipinski definition) is 4. The summed E-state index contributed by atoms with van der Waals surface area (Å²) in [7, 11) is 0. The summed E-state index contributed by atoms with van der Waals surface area (Å²) in [6.07, 6.45) is 1.04. The van der Waals surface area contributed by atoms with Crippen molar-refractivity contribution in [3.63, 3.8) is 0 Å². The number of hydrogen-bond donors (Lipinski definition) is 1. The van der Waals surface area contributed by atoms with E-state index >= 15 is 0 Å². The zero-order valence-corrected chi connectivity index (χ0v) is 6.90. The van der Waals surface area contributed by atoms with E-state index in [4.69, 9.17) is 0 Å². The minimum Gasteiger partial charge on any atom is -0.309 e. The number of aliphatic imine (C=N–C) groups is 1. The molecule has 3 unspecified atom stereocenters. The van der Waals surface area contributed by atoms with Crippen LogP contribution in [0, 0.1) is 5.92 Å². The highest BCUT2D eigenvalue weighted by Crippen LogP contribution is 2.30. The van der Waals surface area contributed by atoms with Gasteiger partial charge in [0, 0.05) is 31.1 Å². The summed E-state index contributed by atoms with van der Waals surface area (Å²) in [6, 6.07) is 0.923. The Kier molecular flexibility index (Phi) is 1.32. The van der Waals surface area contributed by atoms with Crippen molar-refractivity contribution in [2.24, 2.45) is 21.1 Å². The van der Waals surface area contributed by atoms with Crippen molar-refractivity contribution >= 4 is 5.71 Å². The van der Waals surface area contributed by atoms with E-state index in [0.29, 0.717) is 18.0 Å². The standard InChI is InChI=1S/C8H12N4/c1-5-2-9-4-8(11-5)6-3-10-12-7(1)6/h6-9H,1-4H2. The SMILES string of the molecule is C1NCC2N=C1CC1N=NCC12. The fourth-order valence-corrected chi connectivity index (χ4v) is 2.33. The van der Waals surface area contributed by atoms with Crippen LogP contribution in [0.25, 0.3) is 0 Å². The minimum absolute atomic E-state index is 0.461. The van der Waals surface area contributed by atoms with Gasteiger partial charge in [0.25, 0.3) is 0 Å². The summed E-state index contributed by atoms with van der Waals surface area (Å²) in [5.41, 5.74) is 1.30.